The quantitative estimate of drug-likeness (QED) is 0.502. The van der Waals surface area contributed by atoms with E-state index in [1.165, 1.54) is 18.7 Å². The molecule has 0 fully saturated rings. The largest absolute Gasteiger partial charge is 0.424 e. The van der Waals surface area contributed by atoms with Gasteiger partial charge in [-0.05, 0) is 42.5 Å². The molecule has 3 rings (SSSR count). The van der Waals surface area contributed by atoms with Gasteiger partial charge in [0.2, 0.25) is 0 Å². The molecule has 0 spiro atoms. The van der Waals surface area contributed by atoms with Crippen LogP contribution in [0.2, 0.25) is 5.02 Å². The van der Waals surface area contributed by atoms with E-state index < -0.39 is 0 Å². The zero-order valence-corrected chi connectivity index (χ0v) is 13.3. The topological polar surface area (TPSA) is 39.2 Å². The van der Waals surface area contributed by atoms with Crippen molar-refractivity contribution in [2.24, 2.45) is 0 Å². The van der Waals surface area contributed by atoms with Gasteiger partial charge in [-0.1, -0.05) is 35.5 Å². The summed E-state index contributed by atoms with van der Waals surface area (Å²) in [5.41, 5.74) is 0.677. The van der Waals surface area contributed by atoms with Crippen LogP contribution < -0.4 is 4.74 Å². The number of para-hydroxylation sites is 1. The number of pyridine rings is 1. The fraction of sp³-hybridized carbons (Fsp3) is 0.0588. The van der Waals surface area contributed by atoms with Crippen LogP contribution in [0.4, 0.5) is 0 Å². The summed E-state index contributed by atoms with van der Waals surface area (Å²) in [5, 5.41) is 2.46. The van der Waals surface area contributed by atoms with E-state index in [2.05, 4.69) is 4.98 Å². The lowest BCUT2D eigenvalue weighted by molar-refractivity contribution is -0.131. The smallest absolute Gasteiger partial charge is 0.308 e. The van der Waals surface area contributed by atoms with Crippen molar-refractivity contribution in [2.75, 3.05) is 0 Å². The van der Waals surface area contributed by atoms with Gasteiger partial charge < -0.3 is 4.74 Å². The number of fused-ring (bicyclic) bond motifs is 1. The molecule has 0 unspecified atom stereocenters. The average molecular weight is 330 g/mol. The maximum absolute atomic E-state index is 11.2. The zero-order valence-electron chi connectivity index (χ0n) is 11.7. The molecule has 0 aliphatic heterocycles. The second-order valence-corrected chi connectivity index (χ2v) is 6.16. The molecule has 0 amide bonds. The van der Waals surface area contributed by atoms with E-state index in [0.717, 1.165) is 15.3 Å². The van der Waals surface area contributed by atoms with Crippen LogP contribution in [0.15, 0.2) is 64.5 Å². The Labute approximate surface area is 137 Å². The van der Waals surface area contributed by atoms with Gasteiger partial charge in [0.25, 0.3) is 0 Å². The summed E-state index contributed by atoms with van der Waals surface area (Å²) >= 11 is 7.42. The number of benzene rings is 2. The average Bonchev–Trinajstić information content (AvgIpc) is 2.50. The minimum atomic E-state index is -0.356. The second-order valence-electron chi connectivity index (χ2n) is 4.63. The molecule has 1 heterocycles. The number of nitrogens with zero attached hydrogens (tertiary/aromatic N) is 1. The summed E-state index contributed by atoms with van der Waals surface area (Å²) in [6, 6.07) is 17.0. The van der Waals surface area contributed by atoms with Gasteiger partial charge in [-0.15, -0.1) is 0 Å². The van der Waals surface area contributed by atoms with Gasteiger partial charge in [0.05, 0.1) is 0 Å². The number of rotatable bonds is 3. The molecule has 0 aliphatic rings. The maximum Gasteiger partial charge on any atom is 0.308 e. The van der Waals surface area contributed by atoms with E-state index in [4.69, 9.17) is 16.3 Å². The first-order valence-electron chi connectivity index (χ1n) is 6.63. The standard InChI is InChI=1S/C17H12ClNO2S/c1-11(20)21-15-4-2-3-12-5-10-16(19-17(12)15)22-14-8-6-13(18)7-9-14/h2-10H,1H3. The van der Waals surface area contributed by atoms with Gasteiger partial charge in [0.1, 0.15) is 10.5 Å². The fourth-order valence-electron chi connectivity index (χ4n) is 2.02. The molecule has 1 aromatic heterocycles. The summed E-state index contributed by atoms with van der Waals surface area (Å²) in [4.78, 5) is 16.8. The summed E-state index contributed by atoms with van der Waals surface area (Å²) in [7, 11) is 0. The van der Waals surface area contributed by atoms with Crippen LogP contribution in [0.1, 0.15) is 6.92 Å². The number of halogens is 1. The minimum Gasteiger partial charge on any atom is -0.424 e. The highest BCUT2D eigenvalue weighted by Gasteiger charge is 2.08. The predicted molar refractivity (Wildman–Crippen MR) is 88.6 cm³/mol. The van der Waals surface area contributed by atoms with E-state index >= 15 is 0 Å². The number of carbonyl (C=O) groups is 1. The lowest BCUT2D eigenvalue weighted by Crippen LogP contribution is -2.02. The summed E-state index contributed by atoms with van der Waals surface area (Å²) < 4.78 is 5.22. The summed E-state index contributed by atoms with van der Waals surface area (Å²) in [6.45, 7) is 1.38. The van der Waals surface area contributed by atoms with Crippen molar-refractivity contribution in [3.05, 3.63) is 59.6 Å². The number of esters is 1. The van der Waals surface area contributed by atoms with E-state index in [1.807, 2.05) is 48.5 Å². The number of carbonyl (C=O) groups excluding carboxylic acids is 1. The Kier molecular flexibility index (Phi) is 4.32. The van der Waals surface area contributed by atoms with Gasteiger partial charge in [0, 0.05) is 22.2 Å². The number of ether oxygens (including phenoxy) is 1. The molecule has 110 valence electrons. The molecular weight excluding hydrogens is 318 g/mol. The molecule has 3 aromatic rings. The molecule has 22 heavy (non-hydrogen) atoms. The molecule has 5 heteroatoms. The lowest BCUT2D eigenvalue weighted by Gasteiger charge is -2.07. The van der Waals surface area contributed by atoms with Crippen LogP contribution >= 0.6 is 23.4 Å². The number of hydrogen-bond donors (Lipinski definition) is 0. The van der Waals surface area contributed by atoms with Crippen LogP contribution in [-0.4, -0.2) is 11.0 Å². The van der Waals surface area contributed by atoms with Gasteiger partial charge in [-0.3, -0.25) is 4.79 Å². The van der Waals surface area contributed by atoms with E-state index in [-0.39, 0.29) is 5.97 Å². The minimum absolute atomic E-state index is 0.356. The third-order valence-electron chi connectivity index (χ3n) is 2.95. The van der Waals surface area contributed by atoms with Crippen molar-refractivity contribution in [2.45, 2.75) is 16.8 Å². The molecule has 2 aromatic carbocycles. The molecule has 0 aliphatic carbocycles. The molecule has 3 nitrogen and oxygen atoms in total. The third kappa shape index (κ3) is 3.40. The van der Waals surface area contributed by atoms with Crippen LogP contribution in [-0.2, 0) is 4.79 Å². The Morgan fingerprint density at radius 1 is 1.09 bits per heavy atom. The van der Waals surface area contributed by atoms with Crippen LogP contribution in [0.3, 0.4) is 0 Å². The first-order chi connectivity index (χ1) is 10.6. The second kappa shape index (κ2) is 6.38. The van der Waals surface area contributed by atoms with Crippen LogP contribution in [0.25, 0.3) is 10.9 Å². The maximum atomic E-state index is 11.2. The highest BCUT2D eigenvalue weighted by atomic mass is 35.5. The molecule has 0 N–H and O–H groups in total. The third-order valence-corrected chi connectivity index (χ3v) is 4.14. The molecule has 0 saturated carbocycles. The number of hydrogen-bond acceptors (Lipinski definition) is 4. The summed E-state index contributed by atoms with van der Waals surface area (Å²) in [5.74, 6) is 0.119. The Morgan fingerprint density at radius 3 is 2.59 bits per heavy atom. The van der Waals surface area contributed by atoms with Crippen LogP contribution in [0.5, 0.6) is 5.75 Å². The van der Waals surface area contributed by atoms with E-state index in [9.17, 15) is 4.79 Å². The van der Waals surface area contributed by atoms with Crippen molar-refractivity contribution in [3.63, 3.8) is 0 Å². The van der Waals surface area contributed by atoms with Gasteiger partial charge >= 0.3 is 5.97 Å². The van der Waals surface area contributed by atoms with Gasteiger partial charge in [-0.25, -0.2) is 4.98 Å². The number of aromatic nitrogens is 1. The highest BCUT2D eigenvalue weighted by Crippen LogP contribution is 2.31. The first kappa shape index (κ1) is 14.9. The predicted octanol–water partition coefficient (Wildman–Crippen LogP) is 4.96. The molecular formula is C17H12ClNO2S. The van der Waals surface area contributed by atoms with Crippen molar-refractivity contribution in [1.29, 1.82) is 0 Å². The van der Waals surface area contributed by atoms with E-state index in [0.29, 0.717) is 16.3 Å². The Balaban J connectivity index is 1.97. The van der Waals surface area contributed by atoms with E-state index in [1.54, 1.807) is 6.07 Å². The molecule has 0 saturated heterocycles. The molecule has 0 radical (unpaired) electrons. The Hall–Kier alpha value is -2.04. The normalized spacial score (nSPS) is 10.6. The Morgan fingerprint density at radius 2 is 1.86 bits per heavy atom. The van der Waals surface area contributed by atoms with Crippen molar-refractivity contribution in [1.82, 2.24) is 4.98 Å². The van der Waals surface area contributed by atoms with Crippen LogP contribution in [0, 0.1) is 0 Å². The van der Waals surface area contributed by atoms with Gasteiger partial charge in [0.15, 0.2) is 5.75 Å². The zero-order chi connectivity index (χ0) is 15.5. The van der Waals surface area contributed by atoms with Crippen molar-refractivity contribution >= 4 is 40.2 Å². The van der Waals surface area contributed by atoms with Crippen molar-refractivity contribution in [3.8, 4) is 5.75 Å². The molecule has 0 atom stereocenters. The van der Waals surface area contributed by atoms with Gasteiger partial charge in [-0.2, -0.15) is 0 Å². The lowest BCUT2D eigenvalue weighted by atomic mass is 10.2. The first-order valence-corrected chi connectivity index (χ1v) is 7.83. The SMILES string of the molecule is CC(=O)Oc1cccc2ccc(Sc3ccc(Cl)cc3)nc12. The summed E-state index contributed by atoms with van der Waals surface area (Å²) in [6.07, 6.45) is 0. The van der Waals surface area contributed by atoms with Crippen molar-refractivity contribution < 1.29 is 9.53 Å². The highest BCUT2D eigenvalue weighted by molar-refractivity contribution is 7.99. The Bertz CT molecular complexity index is 834. The fourth-order valence-corrected chi connectivity index (χ4v) is 2.93. The monoisotopic (exact) mass is 329 g/mol. The molecule has 0 bridgehead atoms.